The Morgan fingerprint density at radius 3 is 2.55 bits per heavy atom. The summed E-state index contributed by atoms with van der Waals surface area (Å²) in [5.74, 6) is 0.310. The first-order chi connectivity index (χ1) is 14.6. The molecule has 0 spiro atoms. The van der Waals surface area contributed by atoms with Crippen molar-refractivity contribution in [2.24, 2.45) is 0 Å². The summed E-state index contributed by atoms with van der Waals surface area (Å²) in [5.41, 5.74) is -0.703. The number of methoxy groups -OCH3 is 1. The number of rotatable bonds is 5. The second-order valence-electron chi connectivity index (χ2n) is 6.82. The molecule has 0 bridgehead atoms. The van der Waals surface area contributed by atoms with Gasteiger partial charge < -0.3 is 13.6 Å². The third kappa shape index (κ3) is 3.28. The summed E-state index contributed by atoms with van der Waals surface area (Å²) in [6.07, 6.45) is 1.26. The number of hydrogen-bond donors (Lipinski definition) is 1. The largest absolute Gasteiger partial charge is 0.495 e. The van der Waals surface area contributed by atoms with Crippen LogP contribution in [-0.4, -0.2) is 20.5 Å². The second kappa shape index (κ2) is 7.13. The molecule has 2 aromatic heterocycles. The Kier molecular flexibility index (Phi) is 4.69. The average molecular weight is 444 g/mol. The molecule has 4 rings (SSSR count). The first-order valence-corrected chi connectivity index (χ1v) is 10.4. The number of benzene rings is 2. The Balaban J connectivity index is 2.03. The van der Waals surface area contributed by atoms with Gasteiger partial charge in [0.15, 0.2) is 21.5 Å². The molecule has 0 saturated heterocycles. The van der Waals surface area contributed by atoms with Gasteiger partial charge in [0, 0.05) is 17.7 Å². The predicted octanol–water partition coefficient (Wildman–Crippen LogP) is 3.87. The number of aryl methyl sites for hydroxylation is 2. The number of furan rings is 1. The van der Waals surface area contributed by atoms with E-state index in [1.54, 1.807) is 0 Å². The van der Waals surface area contributed by atoms with Crippen molar-refractivity contribution in [1.82, 2.24) is 0 Å². The number of nitro benzene ring substituents is 1. The summed E-state index contributed by atoms with van der Waals surface area (Å²) in [6, 6.07) is 6.63. The van der Waals surface area contributed by atoms with Crippen LogP contribution in [0.1, 0.15) is 11.3 Å². The Labute approximate surface area is 175 Å². The molecule has 0 amide bonds. The fourth-order valence-corrected chi connectivity index (χ4v) is 4.75. The molecule has 0 aliphatic heterocycles. The van der Waals surface area contributed by atoms with Gasteiger partial charge in [-0.1, -0.05) is 6.07 Å². The molecule has 11 heteroatoms. The van der Waals surface area contributed by atoms with E-state index in [0.29, 0.717) is 5.56 Å². The van der Waals surface area contributed by atoms with Crippen LogP contribution in [0.4, 0.5) is 11.4 Å². The molecule has 0 aliphatic rings. The normalized spacial score (nSPS) is 11.7. The molecule has 4 aromatic rings. The Bertz CT molecular complexity index is 1530. The topological polar surface area (TPSA) is 142 Å². The van der Waals surface area contributed by atoms with E-state index in [-0.39, 0.29) is 44.8 Å². The van der Waals surface area contributed by atoms with Crippen LogP contribution in [0.2, 0.25) is 0 Å². The van der Waals surface area contributed by atoms with E-state index in [9.17, 15) is 23.3 Å². The van der Waals surface area contributed by atoms with Crippen LogP contribution in [0, 0.1) is 24.0 Å². The highest BCUT2D eigenvalue weighted by molar-refractivity contribution is 7.93. The van der Waals surface area contributed by atoms with Crippen molar-refractivity contribution in [3.8, 4) is 5.75 Å². The van der Waals surface area contributed by atoms with E-state index in [1.807, 2.05) is 0 Å². The van der Waals surface area contributed by atoms with Crippen molar-refractivity contribution < 1.29 is 26.9 Å². The van der Waals surface area contributed by atoms with Gasteiger partial charge in [-0.25, -0.2) is 8.42 Å². The molecule has 0 atom stereocenters. The van der Waals surface area contributed by atoms with E-state index in [4.69, 9.17) is 13.6 Å². The standard InChI is InChI=1S/C20H16N2O8S/c1-10-4-5-12(9-14(10)22(24)25)21-31(26,27)20-18-13(6-7-29-18)17(28-3)16-15(23)8-11(2)30-19(16)20/h4-9,21H,1-3H3. The summed E-state index contributed by atoms with van der Waals surface area (Å²) in [7, 11) is -3.06. The number of hydrogen-bond acceptors (Lipinski definition) is 8. The van der Waals surface area contributed by atoms with Crippen LogP contribution in [0.3, 0.4) is 0 Å². The third-order valence-corrected chi connectivity index (χ3v) is 6.16. The second-order valence-corrected chi connectivity index (χ2v) is 8.43. The van der Waals surface area contributed by atoms with Gasteiger partial charge in [-0.05, 0) is 26.0 Å². The SMILES string of the molecule is COc1c2ccoc2c(S(=O)(=O)Nc2ccc(C)c([N+](=O)[O-])c2)c2oc(C)cc(=O)c12. The van der Waals surface area contributed by atoms with E-state index in [0.717, 1.165) is 6.07 Å². The zero-order valence-electron chi connectivity index (χ0n) is 16.6. The molecule has 0 fully saturated rings. The summed E-state index contributed by atoms with van der Waals surface area (Å²) < 4.78 is 45.5. The number of nitrogens with one attached hydrogen (secondary N) is 1. The fraction of sp³-hybridized carbons (Fsp3) is 0.150. The Morgan fingerprint density at radius 1 is 1.13 bits per heavy atom. The molecular weight excluding hydrogens is 428 g/mol. The monoisotopic (exact) mass is 444 g/mol. The van der Waals surface area contributed by atoms with Crippen molar-refractivity contribution in [2.75, 3.05) is 11.8 Å². The van der Waals surface area contributed by atoms with Crippen LogP contribution in [0.25, 0.3) is 21.9 Å². The zero-order valence-corrected chi connectivity index (χ0v) is 17.4. The van der Waals surface area contributed by atoms with Gasteiger partial charge in [0.25, 0.3) is 15.7 Å². The molecular formula is C20H16N2O8S. The van der Waals surface area contributed by atoms with E-state index >= 15 is 0 Å². The lowest BCUT2D eigenvalue weighted by Crippen LogP contribution is -2.16. The molecule has 1 N–H and O–H groups in total. The average Bonchev–Trinajstić information content (AvgIpc) is 3.15. The molecule has 0 radical (unpaired) electrons. The molecule has 2 heterocycles. The molecule has 2 aromatic carbocycles. The van der Waals surface area contributed by atoms with E-state index in [2.05, 4.69) is 4.72 Å². The smallest absolute Gasteiger partial charge is 0.274 e. The summed E-state index contributed by atoms with van der Waals surface area (Å²) in [5, 5.41) is 11.4. The lowest BCUT2D eigenvalue weighted by atomic mass is 10.1. The Morgan fingerprint density at radius 2 is 1.87 bits per heavy atom. The maximum absolute atomic E-state index is 13.4. The van der Waals surface area contributed by atoms with Crippen molar-refractivity contribution in [1.29, 1.82) is 0 Å². The van der Waals surface area contributed by atoms with Gasteiger partial charge in [-0.15, -0.1) is 0 Å². The molecule has 10 nitrogen and oxygen atoms in total. The Hall–Kier alpha value is -3.86. The summed E-state index contributed by atoms with van der Waals surface area (Å²) in [6.45, 7) is 3.05. The molecule has 0 aliphatic carbocycles. The van der Waals surface area contributed by atoms with Gasteiger partial charge in [-0.2, -0.15) is 0 Å². The number of sulfonamides is 1. The molecule has 160 valence electrons. The quantitative estimate of drug-likeness (QED) is 0.361. The van der Waals surface area contributed by atoms with E-state index < -0.39 is 25.3 Å². The first kappa shape index (κ1) is 20.4. The van der Waals surface area contributed by atoms with E-state index in [1.165, 1.54) is 51.5 Å². The molecule has 0 saturated carbocycles. The highest BCUT2D eigenvalue weighted by atomic mass is 32.2. The maximum Gasteiger partial charge on any atom is 0.274 e. The minimum Gasteiger partial charge on any atom is -0.495 e. The summed E-state index contributed by atoms with van der Waals surface area (Å²) in [4.78, 5) is 22.9. The first-order valence-electron chi connectivity index (χ1n) is 8.93. The number of ether oxygens (including phenoxy) is 1. The van der Waals surface area contributed by atoms with Crippen molar-refractivity contribution in [3.05, 3.63) is 68.3 Å². The van der Waals surface area contributed by atoms with Crippen LogP contribution in [0.15, 0.2) is 55.1 Å². The van der Waals surface area contributed by atoms with Gasteiger partial charge in [0.2, 0.25) is 0 Å². The van der Waals surface area contributed by atoms with Crippen molar-refractivity contribution in [3.63, 3.8) is 0 Å². The lowest BCUT2D eigenvalue weighted by Gasteiger charge is -2.13. The number of nitro groups is 1. The maximum atomic E-state index is 13.4. The number of fused-ring (bicyclic) bond motifs is 2. The van der Waals surface area contributed by atoms with Crippen LogP contribution < -0.4 is 14.9 Å². The van der Waals surface area contributed by atoms with Crippen LogP contribution >= 0.6 is 0 Å². The molecule has 0 unspecified atom stereocenters. The van der Waals surface area contributed by atoms with Crippen molar-refractivity contribution >= 4 is 43.3 Å². The fourth-order valence-electron chi connectivity index (χ4n) is 3.42. The minimum absolute atomic E-state index is 0.0315. The number of nitrogens with zero attached hydrogens (tertiary/aromatic N) is 1. The van der Waals surface area contributed by atoms with Gasteiger partial charge in [0.1, 0.15) is 16.9 Å². The highest BCUT2D eigenvalue weighted by Crippen LogP contribution is 2.40. The summed E-state index contributed by atoms with van der Waals surface area (Å²) >= 11 is 0. The number of anilines is 1. The predicted molar refractivity (Wildman–Crippen MR) is 112 cm³/mol. The lowest BCUT2D eigenvalue weighted by molar-refractivity contribution is -0.385. The highest BCUT2D eigenvalue weighted by Gasteiger charge is 2.30. The van der Waals surface area contributed by atoms with Gasteiger partial charge in [0.05, 0.1) is 29.4 Å². The van der Waals surface area contributed by atoms with Gasteiger partial charge in [-0.3, -0.25) is 19.6 Å². The minimum atomic E-state index is -4.40. The van der Waals surface area contributed by atoms with Crippen LogP contribution in [0.5, 0.6) is 5.75 Å². The third-order valence-electron chi connectivity index (χ3n) is 4.75. The molecule has 31 heavy (non-hydrogen) atoms. The van der Waals surface area contributed by atoms with Crippen molar-refractivity contribution in [2.45, 2.75) is 18.7 Å². The zero-order chi connectivity index (χ0) is 22.5. The van der Waals surface area contributed by atoms with Gasteiger partial charge >= 0.3 is 0 Å². The van der Waals surface area contributed by atoms with Crippen LogP contribution in [-0.2, 0) is 10.0 Å².